The minimum atomic E-state index is -0.940. The summed E-state index contributed by atoms with van der Waals surface area (Å²) in [5.74, 6) is 0.619. The zero-order valence-electron chi connectivity index (χ0n) is 16.0. The molecule has 1 heterocycles. The maximum absolute atomic E-state index is 10.1. The number of ether oxygens (including phenoxy) is 1. The molecular weight excluding hydrogens is 303 g/mol. The van der Waals surface area contributed by atoms with E-state index in [0.29, 0.717) is 12.5 Å². The van der Waals surface area contributed by atoms with Gasteiger partial charge in [-0.2, -0.15) is 0 Å². The van der Waals surface area contributed by atoms with Crippen molar-refractivity contribution in [1.29, 1.82) is 0 Å². The van der Waals surface area contributed by atoms with Crippen LogP contribution >= 0.6 is 0 Å². The van der Waals surface area contributed by atoms with E-state index < -0.39 is 11.2 Å². The van der Waals surface area contributed by atoms with Crippen LogP contribution in [0.2, 0.25) is 0 Å². The number of nitrogens with zero attached hydrogens (tertiary/aromatic N) is 2. The first-order valence-corrected chi connectivity index (χ1v) is 8.74. The second kappa shape index (κ2) is 9.40. The van der Waals surface area contributed by atoms with Crippen molar-refractivity contribution >= 4 is 12.9 Å². The first-order chi connectivity index (χ1) is 11.2. The molecule has 0 saturated carbocycles. The van der Waals surface area contributed by atoms with Gasteiger partial charge >= 0.3 is 7.48 Å². The Hall–Kier alpha value is -1.11. The standard InChI is InChI=1S/C18H32BN2O3/c1-7-21(8-2)12-9-13-23-16-11-10-15(14-20-16)19-24-18(5,6)17(3,4)22/h10-11,14,22H,7-9,12-13H2,1-6H3. The number of hydrogen-bond donors (Lipinski definition) is 1. The molecule has 5 nitrogen and oxygen atoms in total. The summed E-state index contributed by atoms with van der Waals surface area (Å²) in [6.07, 6.45) is 2.69. The van der Waals surface area contributed by atoms with Gasteiger partial charge in [0.05, 0.1) is 17.8 Å². The van der Waals surface area contributed by atoms with Gasteiger partial charge in [-0.1, -0.05) is 19.9 Å². The van der Waals surface area contributed by atoms with Crippen molar-refractivity contribution in [1.82, 2.24) is 9.88 Å². The van der Waals surface area contributed by atoms with Gasteiger partial charge in [0, 0.05) is 12.7 Å². The number of pyridine rings is 1. The second-order valence-electron chi connectivity index (χ2n) is 6.96. The highest BCUT2D eigenvalue weighted by Crippen LogP contribution is 2.24. The van der Waals surface area contributed by atoms with Gasteiger partial charge in [-0.3, -0.25) is 0 Å². The zero-order valence-corrected chi connectivity index (χ0v) is 16.0. The van der Waals surface area contributed by atoms with Crippen LogP contribution in [0.3, 0.4) is 0 Å². The Morgan fingerprint density at radius 1 is 1.17 bits per heavy atom. The summed E-state index contributed by atoms with van der Waals surface area (Å²) in [7, 11) is 1.62. The summed E-state index contributed by atoms with van der Waals surface area (Å²) >= 11 is 0. The monoisotopic (exact) mass is 335 g/mol. The van der Waals surface area contributed by atoms with Gasteiger partial charge in [-0.15, -0.1) is 0 Å². The summed E-state index contributed by atoms with van der Waals surface area (Å²) < 4.78 is 11.4. The van der Waals surface area contributed by atoms with Crippen molar-refractivity contribution < 1.29 is 14.5 Å². The van der Waals surface area contributed by atoms with Gasteiger partial charge in [0.1, 0.15) is 0 Å². The fourth-order valence-corrected chi connectivity index (χ4v) is 1.91. The van der Waals surface area contributed by atoms with Crippen LogP contribution in [-0.4, -0.2) is 59.9 Å². The molecule has 1 rings (SSSR count). The molecule has 0 spiro atoms. The number of aromatic nitrogens is 1. The normalized spacial score (nSPS) is 12.5. The largest absolute Gasteiger partial charge is 0.478 e. The van der Waals surface area contributed by atoms with Crippen LogP contribution in [0.15, 0.2) is 18.3 Å². The molecule has 1 aromatic heterocycles. The Bertz CT molecular complexity index is 468. The van der Waals surface area contributed by atoms with Crippen molar-refractivity contribution in [2.24, 2.45) is 0 Å². The molecule has 0 saturated heterocycles. The van der Waals surface area contributed by atoms with E-state index >= 15 is 0 Å². The highest BCUT2D eigenvalue weighted by Gasteiger charge is 2.35. The van der Waals surface area contributed by atoms with E-state index in [0.717, 1.165) is 31.5 Å². The van der Waals surface area contributed by atoms with E-state index in [2.05, 4.69) is 23.7 Å². The van der Waals surface area contributed by atoms with E-state index in [1.54, 1.807) is 27.5 Å². The lowest BCUT2D eigenvalue weighted by Gasteiger charge is -2.37. The molecular formula is C18H32BN2O3. The molecule has 0 amide bonds. The molecule has 0 unspecified atom stereocenters. The summed E-state index contributed by atoms with van der Waals surface area (Å²) in [4.78, 5) is 6.66. The summed E-state index contributed by atoms with van der Waals surface area (Å²) in [6, 6.07) is 3.73. The van der Waals surface area contributed by atoms with E-state index in [1.165, 1.54) is 0 Å². The molecule has 0 aliphatic rings. The molecule has 1 aromatic rings. The summed E-state index contributed by atoms with van der Waals surface area (Å²) in [5, 5.41) is 10.1. The molecule has 6 heteroatoms. The van der Waals surface area contributed by atoms with Gasteiger partial charge in [-0.05, 0) is 58.7 Å². The van der Waals surface area contributed by atoms with Crippen LogP contribution in [0.5, 0.6) is 5.88 Å². The predicted octanol–water partition coefficient (Wildman–Crippen LogP) is 2.00. The molecule has 135 valence electrons. The minimum Gasteiger partial charge on any atom is -0.478 e. The first kappa shape index (κ1) is 20.9. The van der Waals surface area contributed by atoms with E-state index in [-0.39, 0.29) is 0 Å². The predicted molar refractivity (Wildman–Crippen MR) is 99.0 cm³/mol. The van der Waals surface area contributed by atoms with Gasteiger partial charge in [-0.25, -0.2) is 4.98 Å². The van der Waals surface area contributed by atoms with Crippen molar-refractivity contribution in [2.75, 3.05) is 26.2 Å². The average Bonchev–Trinajstić information content (AvgIpc) is 2.53. The molecule has 0 aromatic carbocycles. The highest BCUT2D eigenvalue weighted by atomic mass is 16.5. The molecule has 0 aliphatic heterocycles. The van der Waals surface area contributed by atoms with Gasteiger partial charge in [0.15, 0.2) is 0 Å². The van der Waals surface area contributed by atoms with Gasteiger partial charge in [0.2, 0.25) is 5.88 Å². The van der Waals surface area contributed by atoms with Crippen LogP contribution in [-0.2, 0) is 4.65 Å². The number of hydrogen-bond acceptors (Lipinski definition) is 5. The molecule has 1 N–H and O–H groups in total. The van der Waals surface area contributed by atoms with Crippen LogP contribution in [0, 0.1) is 0 Å². The van der Waals surface area contributed by atoms with Gasteiger partial charge in [0.25, 0.3) is 0 Å². The quantitative estimate of drug-likeness (QED) is 0.495. The van der Waals surface area contributed by atoms with Crippen LogP contribution in [0.4, 0.5) is 0 Å². The minimum absolute atomic E-state index is 0.619. The number of rotatable bonds is 11. The number of aliphatic hydroxyl groups is 1. The maximum Gasteiger partial charge on any atom is 0.332 e. The Balaban J connectivity index is 2.38. The Labute approximate surface area is 147 Å². The Morgan fingerprint density at radius 3 is 2.33 bits per heavy atom. The van der Waals surface area contributed by atoms with Crippen LogP contribution in [0.1, 0.15) is 48.0 Å². The fourth-order valence-electron chi connectivity index (χ4n) is 1.91. The fraction of sp³-hybridized carbons (Fsp3) is 0.722. The third-order valence-electron chi connectivity index (χ3n) is 4.49. The molecule has 0 bridgehead atoms. The molecule has 1 radical (unpaired) electrons. The maximum atomic E-state index is 10.1. The Kier molecular flexibility index (Phi) is 8.20. The topological polar surface area (TPSA) is 54.8 Å². The smallest absolute Gasteiger partial charge is 0.332 e. The third-order valence-corrected chi connectivity index (χ3v) is 4.49. The summed E-state index contributed by atoms with van der Waals surface area (Å²) in [5.41, 5.74) is -0.792. The SMILES string of the molecule is CCN(CC)CCCOc1ccc([B]OC(C)(C)C(C)(C)O)cn1. The average molecular weight is 335 g/mol. The second-order valence-corrected chi connectivity index (χ2v) is 6.96. The molecule has 0 atom stereocenters. The molecule has 0 fully saturated rings. The first-order valence-electron chi connectivity index (χ1n) is 8.74. The third kappa shape index (κ3) is 6.79. The van der Waals surface area contributed by atoms with E-state index in [1.807, 2.05) is 26.0 Å². The highest BCUT2D eigenvalue weighted by molar-refractivity contribution is 6.46. The molecule has 0 aliphatic carbocycles. The Morgan fingerprint density at radius 2 is 1.83 bits per heavy atom. The lowest BCUT2D eigenvalue weighted by Crippen LogP contribution is -2.49. The van der Waals surface area contributed by atoms with Gasteiger partial charge < -0.3 is 19.4 Å². The van der Waals surface area contributed by atoms with Crippen molar-refractivity contribution in [2.45, 2.75) is 59.2 Å². The van der Waals surface area contributed by atoms with E-state index in [4.69, 9.17) is 9.39 Å². The lowest BCUT2D eigenvalue weighted by molar-refractivity contribution is -0.0893. The van der Waals surface area contributed by atoms with Crippen LogP contribution in [0.25, 0.3) is 0 Å². The zero-order chi connectivity index (χ0) is 18.2. The van der Waals surface area contributed by atoms with Crippen molar-refractivity contribution in [3.05, 3.63) is 18.3 Å². The molecule has 24 heavy (non-hydrogen) atoms. The summed E-state index contributed by atoms with van der Waals surface area (Å²) in [6.45, 7) is 15.3. The van der Waals surface area contributed by atoms with E-state index in [9.17, 15) is 5.11 Å². The lowest BCUT2D eigenvalue weighted by atomic mass is 9.83. The van der Waals surface area contributed by atoms with Crippen molar-refractivity contribution in [3.8, 4) is 5.88 Å². The van der Waals surface area contributed by atoms with Crippen LogP contribution < -0.4 is 10.2 Å². The van der Waals surface area contributed by atoms with Crippen molar-refractivity contribution in [3.63, 3.8) is 0 Å².